The maximum Gasteiger partial charge on any atom is 0.352 e. The molecule has 0 aromatic carbocycles. The lowest BCUT2D eigenvalue weighted by Gasteiger charge is -1.98. The van der Waals surface area contributed by atoms with Crippen molar-refractivity contribution in [3.63, 3.8) is 0 Å². The lowest BCUT2D eigenvalue weighted by molar-refractivity contribution is 0.0691. The van der Waals surface area contributed by atoms with E-state index in [4.69, 9.17) is 5.11 Å². The van der Waals surface area contributed by atoms with Crippen LogP contribution in [0.4, 0.5) is 0 Å². The van der Waals surface area contributed by atoms with Crippen molar-refractivity contribution in [3.8, 4) is 22.0 Å². The summed E-state index contributed by atoms with van der Waals surface area (Å²) in [5.41, 5.74) is 3.59. The molecular formula is C14H11N3O2S. The number of carboxylic acid groups (broad SMARTS) is 1. The van der Waals surface area contributed by atoms with Crippen LogP contribution in [-0.4, -0.2) is 26.0 Å². The molecule has 6 heteroatoms. The van der Waals surface area contributed by atoms with E-state index >= 15 is 0 Å². The summed E-state index contributed by atoms with van der Waals surface area (Å²) < 4.78 is 0. The first-order valence-electron chi connectivity index (χ1n) is 5.95. The fourth-order valence-electron chi connectivity index (χ4n) is 1.89. The molecule has 0 aliphatic heterocycles. The van der Waals surface area contributed by atoms with Crippen LogP contribution in [0.15, 0.2) is 36.0 Å². The summed E-state index contributed by atoms with van der Waals surface area (Å²) in [6, 6.07) is 5.45. The Morgan fingerprint density at radius 1 is 1.45 bits per heavy atom. The minimum Gasteiger partial charge on any atom is -0.477 e. The van der Waals surface area contributed by atoms with Crippen molar-refractivity contribution in [3.05, 3.63) is 47.2 Å². The summed E-state index contributed by atoms with van der Waals surface area (Å²) in [6.45, 7) is 1.99. The quantitative estimate of drug-likeness (QED) is 0.774. The lowest BCUT2D eigenvalue weighted by Crippen LogP contribution is -1.94. The van der Waals surface area contributed by atoms with Crippen molar-refractivity contribution >= 4 is 17.3 Å². The number of aromatic carboxylic acids is 1. The first-order valence-corrected chi connectivity index (χ1v) is 6.82. The number of hydrogen-bond donors (Lipinski definition) is 2. The molecule has 0 unspecified atom stereocenters. The molecule has 100 valence electrons. The largest absolute Gasteiger partial charge is 0.477 e. The van der Waals surface area contributed by atoms with Gasteiger partial charge in [0.2, 0.25) is 0 Å². The number of nitrogens with zero attached hydrogens (tertiary/aromatic N) is 2. The fraction of sp³-hybridized carbons (Fsp3) is 0.0714. The average Bonchev–Trinajstić information content (AvgIpc) is 3.08. The Bertz CT molecular complexity index is 776. The average molecular weight is 285 g/mol. The molecule has 0 saturated heterocycles. The van der Waals surface area contributed by atoms with Gasteiger partial charge < -0.3 is 10.1 Å². The van der Waals surface area contributed by atoms with E-state index in [9.17, 15) is 4.79 Å². The second kappa shape index (κ2) is 4.90. The molecule has 0 saturated carbocycles. The molecule has 3 rings (SSSR count). The third kappa shape index (κ3) is 2.21. The number of aromatic nitrogens is 3. The molecule has 0 radical (unpaired) electrons. The summed E-state index contributed by atoms with van der Waals surface area (Å²) in [5.74, 6) is -0.979. The van der Waals surface area contributed by atoms with Gasteiger partial charge in [-0.1, -0.05) is 6.07 Å². The summed E-state index contributed by atoms with van der Waals surface area (Å²) in [7, 11) is 0. The van der Waals surface area contributed by atoms with Crippen LogP contribution in [0.25, 0.3) is 22.0 Å². The van der Waals surface area contributed by atoms with Crippen LogP contribution < -0.4 is 0 Å². The predicted molar refractivity (Wildman–Crippen MR) is 76.8 cm³/mol. The Morgan fingerprint density at radius 2 is 2.30 bits per heavy atom. The number of carbonyl (C=O) groups is 1. The van der Waals surface area contributed by atoms with Gasteiger partial charge in [-0.3, -0.25) is 4.98 Å². The maximum absolute atomic E-state index is 10.9. The van der Waals surface area contributed by atoms with E-state index < -0.39 is 5.97 Å². The first kappa shape index (κ1) is 12.6. The van der Waals surface area contributed by atoms with Gasteiger partial charge in [-0.2, -0.15) is 0 Å². The monoisotopic (exact) mass is 285 g/mol. The number of nitrogens with one attached hydrogen (secondary N) is 1. The number of pyridine rings is 1. The highest BCUT2D eigenvalue weighted by Crippen LogP contribution is 2.29. The van der Waals surface area contributed by atoms with E-state index in [2.05, 4.69) is 15.0 Å². The molecule has 3 aromatic rings. The zero-order valence-electron chi connectivity index (χ0n) is 10.6. The minimum absolute atomic E-state index is 0.156. The maximum atomic E-state index is 10.9. The van der Waals surface area contributed by atoms with Crippen LogP contribution in [0.1, 0.15) is 16.1 Å². The molecule has 0 bridgehead atoms. The standard InChI is InChI=1S/C14H11N3O2S/c1-8-3-2-4-15-12(8)13-17-11(7-20-13)9-5-10(14(18)19)16-6-9/h2-7,16H,1H3,(H,18,19). The van der Waals surface area contributed by atoms with E-state index in [0.717, 1.165) is 27.5 Å². The molecule has 3 heterocycles. The predicted octanol–water partition coefficient (Wildman–Crippen LogP) is 3.21. The van der Waals surface area contributed by atoms with Crippen LogP contribution in [0, 0.1) is 6.92 Å². The van der Waals surface area contributed by atoms with Gasteiger partial charge in [0.1, 0.15) is 16.4 Å². The van der Waals surface area contributed by atoms with Gasteiger partial charge in [0.25, 0.3) is 0 Å². The van der Waals surface area contributed by atoms with Gasteiger partial charge in [-0.15, -0.1) is 11.3 Å². The van der Waals surface area contributed by atoms with Gasteiger partial charge in [0, 0.05) is 23.3 Å². The smallest absolute Gasteiger partial charge is 0.352 e. The highest BCUT2D eigenvalue weighted by atomic mass is 32.1. The zero-order chi connectivity index (χ0) is 14.1. The number of aromatic amines is 1. The van der Waals surface area contributed by atoms with E-state index in [1.165, 1.54) is 11.3 Å². The fourth-order valence-corrected chi connectivity index (χ4v) is 2.78. The van der Waals surface area contributed by atoms with E-state index in [0.29, 0.717) is 0 Å². The Labute approximate surface area is 119 Å². The van der Waals surface area contributed by atoms with E-state index in [-0.39, 0.29) is 5.69 Å². The molecule has 2 N–H and O–H groups in total. The third-order valence-corrected chi connectivity index (χ3v) is 3.77. The summed E-state index contributed by atoms with van der Waals surface area (Å²) >= 11 is 1.49. The number of thiazole rings is 1. The highest BCUT2D eigenvalue weighted by molar-refractivity contribution is 7.13. The van der Waals surface area contributed by atoms with Gasteiger partial charge in [-0.25, -0.2) is 9.78 Å². The van der Waals surface area contributed by atoms with Crippen LogP contribution in [0.2, 0.25) is 0 Å². The molecule has 0 aliphatic carbocycles. The van der Waals surface area contributed by atoms with Crippen molar-refractivity contribution in [1.82, 2.24) is 15.0 Å². The zero-order valence-corrected chi connectivity index (χ0v) is 11.4. The van der Waals surface area contributed by atoms with E-state index in [1.807, 2.05) is 24.4 Å². The summed E-state index contributed by atoms with van der Waals surface area (Å²) in [4.78, 5) is 22.4. The number of aryl methyl sites for hydroxylation is 1. The van der Waals surface area contributed by atoms with Gasteiger partial charge in [0.05, 0.1) is 5.69 Å². The molecule has 5 nitrogen and oxygen atoms in total. The molecule has 0 atom stereocenters. The Morgan fingerprint density at radius 3 is 3.00 bits per heavy atom. The van der Waals surface area contributed by atoms with Crippen molar-refractivity contribution < 1.29 is 9.90 Å². The second-order valence-corrected chi connectivity index (χ2v) is 5.17. The molecule has 0 aliphatic rings. The molecule has 0 spiro atoms. The topological polar surface area (TPSA) is 78.9 Å². The number of rotatable bonds is 3. The van der Waals surface area contributed by atoms with Gasteiger partial charge >= 0.3 is 5.97 Å². The molecule has 0 fully saturated rings. The second-order valence-electron chi connectivity index (χ2n) is 4.31. The minimum atomic E-state index is -0.979. The normalized spacial score (nSPS) is 10.7. The van der Waals surface area contributed by atoms with Gasteiger partial charge in [-0.05, 0) is 24.6 Å². The van der Waals surface area contributed by atoms with Crippen LogP contribution in [-0.2, 0) is 0 Å². The van der Waals surface area contributed by atoms with Crippen LogP contribution >= 0.6 is 11.3 Å². The van der Waals surface area contributed by atoms with Crippen LogP contribution in [0.5, 0.6) is 0 Å². The van der Waals surface area contributed by atoms with Crippen molar-refractivity contribution in [2.24, 2.45) is 0 Å². The van der Waals surface area contributed by atoms with Gasteiger partial charge in [0.15, 0.2) is 0 Å². The van der Waals surface area contributed by atoms with Crippen molar-refractivity contribution in [2.75, 3.05) is 0 Å². The molecule has 0 amide bonds. The highest BCUT2D eigenvalue weighted by Gasteiger charge is 2.12. The number of H-pyrrole nitrogens is 1. The molecular weight excluding hydrogens is 274 g/mol. The Balaban J connectivity index is 1.98. The molecule has 20 heavy (non-hydrogen) atoms. The lowest BCUT2D eigenvalue weighted by atomic mass is 10.2. The summed E-state index contributed by atoms with van der Waals surface area (Å²) in [6.07, 6.45) is 3.38. The van der Waals surface area contributed by atoms with Crippen molar-refractivity contribution in [2.45, 2.75) is 6.92 Å². The Kier molecular flexibility index (Phi) is 3.08. The van der Waals surface area contributed by atoms with Crippen molar-refractivity contribution in [1.29, 1.82) is 0 Å². The first-order chi connectivity index (χ1) is 9.65. The number of hydrogen-bond acceptors (Lipinski definition) is 4. The number of carboxylic acids is 1. The van der Waals surface area contributed by atoms with Crippen LogP contribution in [0.3, 0.4) is 0 Å². The Hall–Kier alpha value is -2.47. The molecule has 3 aromatic heterocycles. The van der Waals surface area contributed by atoms with E-state index in [1.54, 1.807) is 18.5 Å². The SMILES string of the molecule is Cc1cccnc1-c1nc(-c2c[nH]c(C(=O)O)c2)cs1. The summed E-state index contributed by atoms with van der Waals surface area (Å²) in [5, 5.41) is 11.6. The third-order valence-electron chi connectivity index (χ3n) is 2.93.